The molecule has 6 amide bonds. The van der Waals surface area contributed by atoms with E-state index in [1.807, 2.05) is 20.8 Å². The fourth-order valence-corrected chi connectivity index (χ4v) is 5.39. The Morgan fingerprint density at radius 2 is 1.20 bits per heavy atom. The van der Waals surface area contributed by atoms with Crippen LogP contribution in [0.5, 0.6) is 0 Å². The molecule has 54 heavy (non-hydrogen) atoms. The van der Waals surface area contributed by atoms with E-state index in [0.29, 0.717) is 25.8 Å². The lowest BCUT2D eigenvalue weighted by molar-refractivity contribution is -0.141. The predicted molar refractivity (Wildman–Crippen MR) is 212 cm³/mol. The maximum absolute atomic E-state index is 13.6. The van der Waals surface area contributed by atoms with Gasteiger partial charge in [0.25, 0.3) is 0 Å². The predicted octanol–water partition coefficient (Wildman–Crippen LogP) is -2.33. The van der Waals surface area contributed by atoms with E-state index in [9.17, 15) is 38.7 Å². The molecule has 0 unspecified atom stereocenters. The minimum Gasteiger partial charge on any atom is -0.480 e. The van der Waals surface area contributed by atoms with Gasteiger partial charge in [-0.1, -0.05) is 34.1 Å². The molecular formula is C33H63N11O8S2. The Morgan fingerprint density at radius 1 is 0.685 bits per heavy atom. The second kappa shape index (κ2) is 26.9. The molecular weight excluding hydrogens is 743 g/mol. The van der Waals surface area contributed by atoms with Crippen LogP contribution in [0.4, 0.5) is 0 Å². The van der Waals surface area contributed by atoms with Crippen molar-refractivity contribution in [2.45, 2.75) is 122 Å². The van der Waals surface area contributed by atoms with Gasteiger partial charge in [-0.3, -0.25) is 34.2 Å². The van der Waals surface area contributed by atoms with E-state index in [2.05, 4.69) is 62.5 Å². The molecule has 0 aliphatic heterocycles. The lowest BCUT2D eigenvalue weighted by atomic mass is 9.97. The van der Waals surface area contributed by atoms with Crippen LogP contribution in [-0.4, -0.2) is 119 Å². The molecule has 0 aromatic carbocycles. The van der Waals surface area contributed by atoms with Crippen molar-refractivity contribution in [1.82, 2.24) is 37.2 Å². The summed E-state index contributed by atoms with van der Waals surface area (Å²) >= 11 is 8.01. The summed E-state index contributed by atoms with van der Waals surface area (Å²) in [6, 6.07) is -7.96. The van der Waals surface area contributed by atoms with E-state index in [1.54, 1.807) is 6.92 Å². The monoisotopic (exact) mass is 805 g/mol. The molecule has 0 saturated heterocycles. The zero-order chi connectivity index (χ0) is 41.5. The molecule has 0 aliphatic carbocycles. The highest BCUT2D eigenvalue weighted by Crippen LogP contribution is 2.11. The van der Waals surface area contributed by atoms with Crippen molar-refractivity contribution < 1.29 is 38.7 Å². The summed E-state index contributed by atoms with van der Waals surface area (Å²) in [4.78, 5) is 91.1. The second-order valence-corrected chi connectivity index (χ2v) is 14.3. The van der Waals surface area contributed by atoms with Crippen LogP contribution in [0.2, 0.25) is 0 Å². The minimum absolute atomic E-state index is 0.0435. The summed E-state index contributed by atoms with van der Waals surface area (Å²) in [5.74, 6) is -6.26. The number of carboxylic acids is 1. The van der Waals surface area contributed by atoms with Crippen LogP contribution in [0.3, 0.4) is 0 Å². The van der Waals surface area contributed by atoms with Gasteiger partial charge in [-0.2, -0.15) is 25.3 Å². The molecule has 19 nitrogen and oxygen atoms in total. The van der Waals surface area contributed by atoms with Crippen molar-refractivity contribution in [2.24, 2.45) is 29.0 Å². The van der Waals surface area contributed by atoms with E-state index < -0.39 is 83.7 Å². The van der Waals surface area contributed by atoms with Gasteiger partial charge in [0.15, 0.2) is 5.96 Å². The van der Waals surface area contributed by atoms with Gasteiger partial charge in [0.1, 0.15) is 36.3 Å². The highest BCUT2D eigenvalue weighted by Gasteiger charge is 2.33. The quantitative estimate of drug-likeness (QED) is 0.0180. The largest absolute Gasteiger partial charge is 0.480 e. The highest BCUT2D eigenvalue weighted by molar-refractivity contribution is 7.80. The molecule has 0 aromatic heterocycles. The summed E-state index contributed by atoms with van der Waals surface area (Å²) < 4.78 is 0. The molecule has 0 radical (unpaired) electrons. The first kappa shape index (κ1) is 50.2. The van der Waals surface area contributed by atoms with Gasteiger partial charge in [-0.15, -0.1) is 0 Å². The third-order valence-electron chi connectivity index (χ3n) is 8.41. The highest BCUT2D eigenvalue weighted by atomic mass is 32.1. The number of thiol groups is 2. The number of amides is 6. The molecule has 0 rings (SSSR count). The number of aliphatic carboxylic acids is 1. The molecule has 0 spiro atoms. The number of guanidine groups is 1. The number of carbonyl (C=O) groups is 7. The van der Waals surface area contributed by atoms with Crippen LogP contribution in [0, 0.1) is 17.2 Å². The van der Waals surface area contributed by atoms with Crippen LogP contribution in [0.1, 0.15) is 79.6 Å². The zero-order valence-electron chi connectivity index (χ0n) is 31.9. The first-order chi connectivity index (χ1) is 25.3. The third kappa shape index (κ3) is 19.5. The Hall–Kier alpha value is -3.82. The van der Waals surface area contributed by atoms with Gasteiger partial charge in [0.2, 0.25) is 35.4 Å². The normalized spacial score (nSPS) is 15.5. The minimum atomic E-state index is -1.29. The van der Waals surface area contributed by atoms with E-state index >= 15 is 0 Å². The number of unbranched alkanes of at least 4 members (excludes halogenated alkanes) is 1. The van der Waals surface area contributed by atoms with Gasteiger partial charge in [0.05, 0.1) is 6.04 Å². The zero-order valence-corrected chi connectivity index (χ0v) is 33.7. The molecule has 310 valence electrons. The average Bonchev–Trinajstić information content (AvgIpc) is 3.11. The van der Waals surface area contributed by atoms with E-state index in [-0.39, 0.29) is 61.5 Å². The maximum atomic E-state index is 13.6. The molecule has 0 fully saturated rings. The summed E-state index contributed by atoms with van der Waals surface area (Å²) in [7, 11) is 0. The molecule has 0 bridgehead atoms. The smallest absolute Gasteiger partial charge is 0.327 e. The van der Waals surface area contributed by atoms with Gasteiger partial charge >= 0.3 is 5.97 Å². The van der Waals surface area contributed by atoms with Gasteiger partial charge in [-0.05, 0) is 63.8 Å². The fraction of sp³-hybridized carbons (Fsp3) is 0.758. The lowest BCUT2D eigenvalue weighted by Gasteiger charge is -2.28. The van der Waals surface area contributed by atoms with Crippen molar-refractivity contribution in [3.8, 4) is 0 Å². The summed E-state index contributed by atoms with van der Waals surface area (Å²) in [6.45, 7) is 9.13. The number of carboxylic acid groups (broad SMARTS) is 1. The number of rotatable bonds is 27. The number of hydrogen-bond acceptors (Lipinski definition) is 12. The number of nitrogens with two attached hydrogens (primary N) is 3. The Labute approximate surface area is 328 Å². The Balaban J connectivity index is 6.10. The molecule has 0 aliphatic rings. The number of carbonyl (C=O) groups excluding carboxylic acids is 6. The molecule has 21 heteroatoms. The Kier molecular flexibility index (Phi) is 25.0. The number of nitrogens with one attached hydrogen (secondary N) is 8. The summed E-state index contributed by atoms with van der Waals surface area (Å²) in [5, 5.41) is 34.8. The second-order valence-electron chi connectivity index (χ2n) is 13.6. The van der Waals surface area contributed by atoms with E-state index in [1.165, 1.54) is 6.92 Å². The summed E-state index contributed by atoms with van der Waals surface area (Å²) in [5.41, 5.74) is 16.8. The SMILES string of the molecule is CC[C@H](C)[C@H](NC(=O)[C@@H](N)CS)C(=O)N[C@@H](CCCNC(=N)N)C(=O)N[C@@H](C)C(=O)N[C@@H](CCCCN)C(=O)N[C@@H](CC(C)C)C(=O)N[C@@H](CS)C(=O)O. The maximum Gasteiger partial charge on any atom is 0.327 e. The topological polar surface area (TPSA) is 326 Å². The van der Waals surface area contributed by atoms with Gasteiger partial charge < -0.3 is 59.5 Å². The molecule has 0 heterocycles. The van der Waals surface area contributed by atoms with E-state index in [0.717, 1.165) is 0 Å². The van der Waals surface area contributed by atoms with Crippen molar-refractivity contribution in [2.75, 3.05) is 24.6 Å². The first-order valence-electron chi connectivity index (χ1n) is 18.1. The molecule has 0 saturated carbocycles. The van der Waals surface area contributed by atoms with Crippen molar-refractivity contribution in [3.63, 3.8) is 0 Å². The molecule has 0 aromatic rings. The van der Waals surface area contributed by atoms with Gasteiger partial charge in [-0.25, -0.2) is 4.79 Å². The van der Waals surface area contributed by atoms with E-state index in [4.69, 9.17) is 22.6 Å². The van der Waals surface area contributed by atoms with Crippen LogP contribution in [0.15, 0.2) is 0 Å². The van der Waals surface area contributed by atoms with Crippen LogP contribution < -0.4 is 54.4 Å². The van der Waals surface area contributed by atoms with Crippen LogP contribution >= 0.6 is 25.3 Å². The van der Waals surface area contributed by atoms with Gasteiger partial charge in [0, 0.05) is 18.1 Å². The Bertz CT molecular complexity index is 1260. The summed E-state index contributed by atoms with van der Waals surface area (Å²) in [6.07, 6.45) is 2.12. The number of hydrogen-bond donors (Lipinski definition) is 14. The average molecular weight is 806 g/mol. The van der Waals surface area contributed by atoms with Crippen LogP contribution in [-0.2, 0) is 33.6 Å². The van der Waals surface area contributed by atoms with Crippen molar-refractivity contribution >= 4 is 72.6 Å². The molecule has 8 atom stereocenters. The van der Waals surface area contributed by atoms with Crippen LogP contribution in [0.25, 0.3) is 0 Å². The Morgan fingerprint density at radius 3 is 1.70 bits per heavy atom. The fourth-order valence-electron chi connectivity index (χ4n) is 4.98. The van der Waals surface area contributed by atoms with Crippen molar-refractivity contribution in [3.05, 3.63) is 0 Å². The third-order valence-corrected chi connectivity index (χ3v) is 9.17. The lowest BCUT2D eigenvalue weighted by Crippen LogP contribution is -2.60. The molecule has 15 N–H and O–H groups in total. The van der Waals surface area contributed by atoms with Crippen molar-refractivity contribution in [1.29, 1.82) is 5.41 Å². The first-order valence-corrected chi connectivity index (χ1v) is 19.4. The standard InChI is InChI=1S/C33H63N11O8S2/c1-6-18(4)25(44-27(46)20(35)15-53)31(50)41-22(11-9-13-38-33(36)37)28(47)39-19(5)26(45)40-21(10-7-8-12-34)29(48)42-23(14-17(2)3)30(49)43-24(16-54)32(51)52/h17-25,53-54H,6-16,34-35H2,1-5H3,(H,39,47)(H,40,45)(H,41,50)(H,42,48)(H,43,49)(H,44,46)(H,51,52)(H4,36,37,38)/t18-,19-,20-,21-,22-,23-,24-,25-/m0/s1.